The molecule has 2 aromatic rings. The second-order valence-electron chi connectivity index (χ2n) is 4.98. The highest BCUT2D eigenvalue weighted by atomic mass is 19.4. The normalized spacial score (nSPS) is 12.5. The van der Waals surface area contributed by atoms with Gasteiger partial charge >= 0.3 is 12.4 Å². The number of halogens is 6. The van der Waals surface area contributed by atoms with Crippen molar-refractivity contribution in [3.63, 3.8) is 0 Å². The minimum absolute atomic E-state index is 0.221. The first kappa shape index (κ1) is 17.3. The largest absolute Gasteiger partial charge is 0.416 e. The van der Waals surface area contributed by atoms with Crippen LogP contribution in [0.4, 0.5) is 26.3 Å². The van der Waals surface area contributed by atoms with Gasteiger partial charge < -0.3 is 5.73 Å². The van der Waals surface area contributed by atoms with E-state index < -0.39 is 23.5 Å². The van der Waals surface area contributed by atoms with Gasteiger partial charge in [-0.05, 0) is 53.9 Å². The van der Waals surface area contributed by atoms with Crippen molar-refractivity contribution in [3.8, 4) is 11.1 Å². The van der Waals surface area contributed by atoms with E-state index >= 15 is 0 Å². The zero-order valence-electron chi connectivity index (χ0n) is 11.8. The van der Waals surface area contributed by atoms with Crippen LogP contribution in [0.5, 0.6) is 0 Å². The van der Waals surface area contributed by atoms with E-state index in [1.165, 1.54) is 18.2 Å². The van der Waals surface area contributed by atoms with E-state index in [4.69, 9.17) is 5.73 Å². The molecule has 0 aliphatic rings. The average molecular weight is 333 g/mol. The zero-order chi connectivity index (χ0) is 17.3. The van der Waals surface area contributed by atoms with Crippen LogP contribution in [-0.4, -0.2) is 6.54 Å². The van der Waals surface area contributed by atoms with Gasteiger partial charge in [0, 0.05) is 0 Å². The number of hydrogen-bond acceptors (Lipinski definition) is 1. The van der Waals surface area contributed by atoms with Gasteiger partial charge in [0.15, 0.2) is 0 Å². The Morgan fingerprint density at radius 1 is 0.739 bits per heavy atom. The fourth-order valence-electron chi connectivity index (χ4n) is 2.23. The summed E-state index contributed by atoms with van der Waals surface area (Å²) in [6.45, 7) is 0.221. The maximum Gasteiger partial charge on any atom is 0.416 e. The summed E-state index contributed by atoms with van der Waals surface area (Å²) in [6, 6.07) is 7.22. The molecule has 0 aliphatic heterocycles. The van der Waals surface area contributed by atoms with Crippen molar-refractivity contribution in [1.82, 2.24) is 0 Å². The average Bonchev–Trinajstić information content (AvgIpc) is 2.46. The summed E-state index contributed by atoms with van der Waals surface area (Å²) in [6.07, 6.45) is -8.69. The monoisotopic (exact) mass is 333 g/mol. The van der Waals surface area contributed by atoms with E-state index in [1.807, 2.05) is 0 Å². The number of hydrogen-bond donors (Lipinski definition) is 1. The Bertz CT molecular complexity index is 670. The number of benzene rings is 2. The van der Waals surface area contributed by atoms with Gasteiger partial charge in [-0.3, -0.25) is 0 Å². The Kier molecular flexibility index (Phi) is 4.70. The summed E-state index contributed by atoms with van der Waals surface area (Å²) in [7, 11) is 0. The van der Waals surface area contributed by atoms with Crippen molar-refractivity contribution < 1.29 is 26.3 Å². The Morgan fingerprint density at radius 2 is 1.26 bits per heavy atom. The predicted molar refractivity (Wildman–Crippen MR) is 74.6 cm³/mol. The Morgan fingerprint density at radius 3 is 1.74 bits per heavy atom. The molecule has 23 heavy (non-hydrogen) atoms. The maximum atomic E-state index is 12.8. The summed E-state index contributed by atoms with van der Waals surface area (Å²) >= 11 is 0. The third-order valence-corrected chi connectivity index (χ3v) is 3.37. The molecule has 7 heteroatoms. The van der Waals surface area contributed by atoms with Crippen molar-refractivity contribution in [2.75, 3.05) is 6.54 Å². The van der Waals surface area contributed by atoms with Crippen molar-refractivity contribution >= 4 is 0 Å². The third kappa shape index (κ3) is 4.04. The highest BCUT2D eigenvalue weighted by Crippen LogP contribution is 2.35. The van der Waals surface area contributed by atoms with Crippen molar-refractivity contribution in [2.45, 2.75) is 18.8 Å². The maximum absolute atomic E-state index is 12.8. The summed E-state index contributed by atoms with van der Waals surface area (Å²) in [5.74, 6) is 0. The second-order valence-corrected chi connectivity index (χ2v) is 4.98. The van der Waals surface area contributed by atoms with E-state index in [0.29, 0.717) is 12.0 Å². The lowest BCUT2D eigenvalue weighted by Crippen LogP contribution is -2.08. The molecule has 0 aliphatic carbocycles. The molecule has 0 unspecified atom stereocenters. The molecule has 0 saturated carbocycles. The first-order valence-electron chi connectivity index (χ1n) is 6.71. The Labute approximate surface area is 128 Å². The zero-order valence-corrected chi connectivity index (χ0v) is 11.8. The Hall–Kier alpha value is -2.02. The SMILES string of the molecule is NCCc1ccc(C(F)(F)F)cc1-c1ccc(C(F)(F)F)cc1. The number of nitrogens with two attached hydrogens (primary N) is 1. The van der Waals surface area contributed by atoms with Crippen molar-refractivity contribution in [1.29, 1.82) is 0 Å². The van der Waals surface area contributed by atoms with Gasteiger partial charge in [-0.1, -0.05) is 18.2 Å². The van der Waals surface area contributed by atoms with E-state index in [1.54, 1.807) is 0 Å². The highest BCUT2D eigenvalue weighted by molar-refractivity contribution is 5.69. The lowest BCUT2D eigenvalue weighted by atomic mass is 9.94. The molecule has 0 bridgehead atoms. The minimum atomic E-state index is -4.53. The molecule has 0 aromatic heterocycles. The lowest BCUT2D eigenvalue weighted by molar-refractivity contribution is -0.138. The van der Waals surface area contributed by atoms with Crippen molar-refractivity contribution in [3.05, 3.63) is 59.2 Å². The van der Waals surface area contributed by atoms with Gasteiger partial charge in [-0.2, -0.15) is 26.3 Å². The van der Waals surface area contributed by atoms with Gasteiger partial charge in [0.2, 0.25) is 0 Å². The van der Waals surface area contributed by atoms with Crippen LogP contribution < -0.4 is 5.73 Å². The predicted octanol–water partition coefficient (Wildman–Crippen LogP) is 4.89. The standard InChI is InChI=1S/C16H13F6N/c17-15(18,19)12-4-1-10(2-5-12)14-9-13(16(20,21)22)6-3-11(14)7-8-23/h1-6,9H,7-8,23H2. The molecule has 0 radical (unpaired) electrons. The molecule has 0 saturated heterocycles. The van der Waals surface area contributed by atoms with Crippen LogP contribution in [0.25, 0.3) is 11.1 Å². The molecule has 2 aromatic carbocycles. The minimum Gasteiger partial charge on any atom is -0.330 e. The number of alkyl halides is 6. The van der Waals surface area contributed by atoms with Gasteiger partial charge in [0.05, 0.1) is 11.1 Å². The van der Waals surface area contributed by atoms with E-state index in [9.17, 15) is 26.3 Å². The van der Waals surface area contributed by atoms with Crippen LogP contribution in [0.15, 0.2) is 42.5 Å². The molecular weight excluding hydrogens is 320 g/mol. The van der Waals surface area contributed by atoms with Crippen molar-refractivity contribution in [2.24, 2.45) is 5.73 Å². The van der Waals surface area contributed by atoms with E-state index in [-0.39, 0.29) is 17.7 Å². The first-order chi connectivity index (χ1) is 10.6. The molecule has 0 fully saturated rings. The lowest BCUT2D eigenvalue weighted by Gasteiger charge is -2.14. The van der Waals surface area contributed by atoms with Crippen LogP contribution in [0.3, 0.4) is 0 Å². The summed E-state index contributed by atoms with van der Waals surface area (Å²) in [5.41, 5.74) is 4.81. The van der Waals surface area contributed by atoms with E-state index in [2.05, 4.69) is 0 Å². The van der Waals surface area contributed by atoms with Crippen LogP contribution in [0.1, 0.15) is 16.7 Å². The molecule has 0 amide bonds. The number of rotatable bonds is 3. The first-order valence-corrected chi connectivity index (χ1v) is 6.71. The molecule has 0 atom stereocenters. The van der Waals surface area contributed by atoms with Gasteiger partial charge in [0.1, 0.15) is 0 Å². The van der Waals surface area contributed by atoms with Crippen LogP contribution >= 0.6 is 0 Å². The van der Waals surface area contributed by atoms with E-state index in [0.717, 1.165) is 24.3 Å². The third-order valence-electron chi connectivity index (χ3n) is 3.37. The Balaban J connectivity index is 2.51. The second kappa shape index (κ2) is 6.23. The fourth-order valence-corrected chi connectivity index (χ4v) is 2.23. The van der Waals surface area contributed by atoms with Gasteiger partial charge in [0.25, 0.3) is 0 Å². The molecule has 2 rings (SSSR count). The van der Waals surface area contributed by atoms with Crippen LogP contribution in [0, 0.1) is 0 Å². The van der Waals surface area contributed by atoms with Crippen LogP contribution in [-0.2, 0) is 18.8 Å². The smallest absolute Gasteiger partial charge is 0.330 e. The highest BCUT2D eigenvalue weighted by Gasteiger charge is 2.32. The summed E-state index contributed by atoms with van der Waals surface area (Å²) in [5, 5.41) is 0. The molecule has 0 heterocycles. The molecular formula is C16H13F6N. The quantitative estimate of drug-likeness (QED) is 0.795. The molecule has 0 spiro atoms. The van der Waals surface area contributed by atoms with Crippen LogP contribution in [0.2, 0.25) is 0 Å². The van der Waals surface area contributed by atoms with Gasteiger partial charge in [-0.25, -0.2) is 0 Å². The fraction of sp³-hybridized carbons (Fsp3) is 0.250. The molecule has 2 N–H and O–H groups in total. The van der Waals surface area contributed by atoms with Gasteiger partial charge in [-0.15, -0.1) is 0 Å². The molecule has 1 nitrogen and oxygen atoms in total. The summed E-state index contributed by atoms with van der Waals surface area (Å²) in [4.78, 5) is 0. The summed E-state index contributed by atoms with van der Waals surface area (Å²) < 4.78 is 76.3. The molecule has 124 valence electrons. The topological polar surface area (TPSA) is 26.0 Å².